The summed E-state index contributed by atoms with van der Waals surface area (Å²) in [7, 11) is 0. The van der Waals surface area contributed by atoms with Crippen LogP contribution < -0.4 is 5.73 Å². The average molecular weight is 219 g/mol. The van der Waals surface area contributed by atoms with Gasteiger partial charge in [-0.05, 0) is 12.1 Å². The van der Waals surface area contributed by atoms with Crippen molar-refractivity contribution in [2.75, 3.05) is 32.8 Å². The summed E-state index contributed by atoms with van der Waals surface area (Å²) >= 11 is 0. The highest BCUT2D eigenvalue weighted by molar-refractivity contribution is 5.26. The van der Waals surface area contributed by atoms with Crippen molar-refractivity contribution in [2.45, 2.75) is 11.5 Å². The zero-order valence-corrected chi connectivity index (χ0v) is 9.30. The lowest BCUT2D eigenvalue weighted by Gasteiger charge is -2.61. The summed E-state index contributed by atoms with van der Waals surface area (Å²) in [6.07, 6.45) is 1.77. The van der Waals surface area contributed by atoms with E-state index in [0.29, 0.717) is 5.92 Å². The molecule has 0 radical (unpaired) electrons. The summed E-state index contributed by atoms with van der Waals surface area (Å²) in [5.41, 5.74) is 6.52. The van der Waals surface area contributed by atoms with Crippen molar-refractivity contribution >= 4 is 0 Å². The molecule has 4 aliphatic rings. The van der Waals surface area contributed by atoms with E-state index in [1.54, 1.807) is 6.26 Å². The maximum Gasteiger partial charge on any atom is 0.114 e. The number of furan rings is 1. The van der Waals surface area contributed by atoms with Crippen LogP contribution in [0.1, 0.15) is 5.76 Å². The lowest BCUT2D eigenvalue weighted by molar-refractivity contribution is -0.105. The fourth-order valence-electron chi connectivity index (χ4n) is 3.97. The summed E-state index contributed by atoms with van der Waals surface area (Å²) in [5, 5.41) is 0. The zero-order chi connectivity index (χ0) is 10.8. The third kappa shape index (κ3) is 0.998. The summed E-state index contributed by atoms with van der Waals surface area (Å²) in [5.74, 6) is 1.69. The summed E-state index contributed by atoms with van der Waals surface area (Å²) in [6.45, 7) is 5.58. The molecule has 0 spiro atoms. The second-order valence-corrected chi connectivity index (χ2v) is 5.58. The molecule has 2 N–H and O–H groups in total. The minimum Gasteiger partial charge on any atom is -0.469 e. The maximum atomic E-state index is 6.48. The number of rotatable bonds is 1. The van der Waals surface area contributed by atoms with E-state index in [9.17, 15) is 0 Å². The van der Waals surface area contributed by atoms with E-state index in [0.717, 1.165) is 25.5 Å². The largest absolute Gasteiger partial charge is 0.469 e. The summed E-state index contributed by atoms with van der Waals surface area (Å²) in [6, 6.07) is 4.33. The lowest BCUT2D eigenvalue weighted by Crippen LogP contribution is -2.76. The van der Waals surface area contributed by atoms with E-state index >= 15 is 0 Å². The minimum absolute atomic E-state index is 0.0446. The molecule has 1 aromatic rings. The highest BCUT2D eigenvalue weighted by atomic mass is 16.3. The molecule has 4 saturated heterocycles. The van der Waals surface area contributed by atoms with Crippen molar-refractivity contribution in [3.05, 3.63) is 24.2 Å². The quantitative estimate of drug-likeness (QED) is 0.725. The average Bonchev–Trinajstić information content (AvgIpc) is 2.78. The lowest BCUT2D eigenvalue weighted by atomic mass is 9.65. The molecule has 3 unspecified atom stereocenters. The van der Waals surface area contributed by atoms with Crippen molar-refractivity contribution in [3.63, 3.8) is 0 Å². The Balaban J connectivity index is 1.82. The van der Waals surface area contributed by atoms with E-state index in [2.05, 4.69) is 15.9 Å². The Morgan fingerprint density at radius 1 is 1.31 bits per heavy atom. The van der Waals surface area contributed by atoms with Crippen LogP contribution in [0.2, 0.25) is 0 Å². The minimum atomic E-state index is 0.0446. The SMILES string of the molecule is NC1C2CN3CN(C2)CC1(c1ccco1)C3. The van der Waals surface area contributed by atoms with Gasteiger partial charge in [-0.3, -0.25) is 9.80 Å². The van der Waals surface area contributed by atoms with Crippen molar-refractivity contribution in [2.24, 2.45) is 11.7 Å². The van der Waals surface area contributed by atoms with Gasteiger partial charge in [0.1, 0.15) is 5.76 Å². The third-order valence-corrected chi connectivity index (χ3v) is 4.55. The van der Waals surface area contributed by atoms with Crippen LogP contribution in [0.25, 0.3) is 0 Å². The van der Waals surface area contributed by atoms with Crippen LogP contribution in [-0.2, 0) is 5.41 Å². The smallest absolute Gasteiger partial charge is 0.114 e. The van der Waals surface area contributed by atoms with Gasteiger partial charge in [-0.25, -0.2) is 0 Å². The van der Waals surface area contributed by atoms with Crippen LogP contribution in [0.3, 0.4) is 0 Å². The van der Waals surface area contributed by atoms with Gasteiger partial charge in [0.15, 0.2) is 0 Å². The van der Waals surface area contributed by atoms with E-state index in [1.165, 1.54) is 13.1 Å². The molecular formula is C12H17N3O. The number of hydrogen-bond donors (Lipinski definition) is 1. The Hall–Kier alpha value is -0.840. The van der Waals surface area contributed by atoms with Gasteiger partial charge in [0.2, 0.25) is 0 Å². The highest BCUT2D eigenvalue weighted by Gasteiger charge is 2.56. The number of hydrogen-bond acceptors (Lipinski definition) is 4. The molecule has 5 rings (SSSR count). The molecule has 86 valence electrons. The van der Waals surface area contributed by atoms with Crippen LogP contribution in [0.15, 0.2) is 22.8 Å². The van der Waals surface area contributed by atoms with Gasteiger partial charge in [-0.1, -0.05) is 0 Å². The number of piperidine rings is 2. The molecule has 4 heteroatoms. The normalized spacial score (nSPS) is 49.8. The first kappa shape index (κ1) is 9.22. The summed E-state index contributed by atoms with van der Waals surface area (Å²) in [4.78, 5) is 5.03. The van der Waals surface area contributed by atoms with Gasteiger partial charge in [-0.2, -0.15) is 0 Å². The fourth-order valence-corrected chi connectivity index (χ4v) is 3.97. The van der Waals surface area contributed by atoms with Gasteiger partial charge >= 0.3 is 0 Å². The van der Waals surface area contributed by atoms with E-state index in [1.807, 2.05) is 6.07 Å². The molecule has 0 saturated carbocycles. The molecule has 0 aliphatic carbocycles. The van der Waals surface area contributed by atoms with Crippen molar-refractivity contribution < 1.29 is 4.42 Å². The van der Waals surface area contributed by atoms with Gasteiger partial charge in [0, 0.05) is 38.1 Å². The molecule has 4 fully saturated rings. The molecule has 16 heavy (non-hydrogen) atoms. The molecule has 4 aliphatic heterocycles. The second kappa shape index (κ2) is 2.88. The standard InChI is InChI=1S/C12H17N3O/c13-11-9-4-14-6-12(11,7-15(5-9)8-14)10-2-1-3-16-10/h1-3,9,11H,4-8,13H2. The Morgan fingerprint density at radius 2 is 2.06 bits per heavy atom. The molecule has 1 aromatic heterocycles. The van der Waals surface area contributed by atoms with Gasteiger partial charge < -0.3 is 10.2 Å². The predicted octanol–water partition coefficient (Wildman–Crippen LogP) is 0.0632. The fraction of sp³-hybridized carbons (Fsp3) is 0.667. The molecule has 0 aromatic carbocycles. The first-order valence-electron chi connectivity index (χ1n) is 6.02. The molecular weight excluding hydrogens is 202 g/mol. The van der Waals surface area contributed by atoms with E-state index < -0.39 is 0 Å². The molecule has 5 heterocycles. The summed E-state index contributed by atoms with van der Waals surface area (Å²) < 4.78 is 5.66. The van der Waals surface area contributed by atoms with Gasteiger partial charge in [0.25, 0.3) is 0 Å². The molecule has 0 amide bonds. The zero-order valence-electron chi connectivity index (χ0n) is 9.30. The van der Waals surface area contributed by atoms with Crippen LogP contribution in [-0.4, -0.2) is 48.7 Å². The maximum absolute atomic E-state index is 6.48. The van der Waals surface area contributed by atoms with Crippen molar-refractivity contribution in [1.29, 1.82) is 0 Å². The monoisotopic (exact) mass is 219 g/mol. The molecule has 3 atom stereocenters. The van der Waals surface area contributed by atoms with Crippen LogP contribution >= 0.6 is 0 Å². The highest BCUT2D eigenvalue weighted by Crippen LogP contribution is 2.43. The molecule has 4 bridgehead atoms. The van der Waals surface area contributed by atoms with Crippen molar-refractivity contribution in [1.82, 2.24) is 9.80 Å². The second-order valence-electron chi connectivity index (χ2n) is 5.58. The van der Waals surface area contributed by atoms with E-state index in [4.69, 9.17) is 10.2 Å². The molecule has 4 nitrogen and oxygen atoms in total. The Labute approximate surface area is 95.0 Å². The van der Waals surface area contributed by atoms with Crippen LogP contribution in [0.4, 0.5) is 0 Å². The topological polar surface area (TPSA) is 45.6 Å². The number of nitrogens with two attached hydrogens (primary N) is 1. The Morgan fingerprint density at radius 3 is 2.69 bits per heavy atom. The first-order chi connectivity index (χ1) is 7.78. The van der Waals surface area contributed by atoms with E-state index in [-0.39, 0.29) is 11.5 Å². The van der Waals surface area contributed by atoms with Gasteiger partial charge in [-0.15, -0.1) is 0 Å². The Kier molecular flexibility index (Phi) is 1.66. The van der Waals surface area contributed by atoms with Crippen LogP contribution in [0.5, 0.6) is 0 Å². The predicted molar refractivity (Wildman–Crippen MR) is 59.9 cm³/mol. The van der Waals surface area contributed by atoms with Crippen molar-refractivity contribution in [3.8, 4) is 0 Å². The number of nitrogens with zero attached hydrogens (tertiary/aromatic N) is 2. The third-order valence-electron chi connectivity index (χ3n) is 4.55. The first-order valence-corrected chi connectivity index (χ1v) is 6.02. The Bertz CT molecular complexity index is 388. The van der Waals surface area contributed by atoms with Gasteiger partial charge in [0.05, 0.1) is 18.3 Å². The van der Waals surface area contributed by atoms with Crippen LogP contribution in [0, 0.1) is 5.92 Å².